The maximum absolute atomic E-state index is 10.6. The predicted octanol–water partition coefficient (Wildman–Crippen LogP) is -1.93. The molecule has 17 heavy (non-hydrogen) atoms. The van der Waals surface area contributed by atoms with Crippen molar-refractivity contribution in [2.45, 2.75) is 24.3 Å². The van der Waals surface area contributed by atoms with Crippen molar-refractivity contribution in [2.24, 2.45) is 4.99 Å². The van der Waals surface area contributed by atoms with Crippen molar-refractivity contribution in [3.05, 3.63) is 24.3 Å². The van der Waals surface area contributed by atoms with Crippen LogP contribution in [0.3, 0.4) is 0 Å². The molecule has 0 radical (unpaired) electrons. The first kappa shape index (κ1) is 16.8. The van der Waals surface area contributed by atoms with Gasteiger partial charge in [0, 0.05) is 12.6 Å². The van der Waals surface area contributed by atoms with Gasteiger partial charge in [-0.1, -0.05) is 0 Å². The van der Waals surface area contributed by atoms with E-state index in [0.717, 1.165) is 0 Å². The van der Waals surface area contributed by atoms with Crippen LogP contribution in [0.15, 0.2) is 34.2 Å². The van der Waals surface area contributed by atoms with Gasteiger partial charge in [0.15, 0.2) is 0 Å². The van der Waals surface area contributed by atoms with Gasteiger partial charge in [0.1, 0.15) is 10.1 Å². The molecule has 88 valence electrons. The normalized spacial score (nSPS) is 13.4. The summed E-state index contributed by atoms with van der Waals surface area (Å²) in [5.74, 6) is 0. The first-order chi connectivity index (χ1) is 7.39. The molecule has 7 heteroatoms. The minimum atomic E-state index is -4.40. The molecule has 1 rings (SSSR count). The third kappa shape index (κ3) is 6.30. The van der Waals surface area contributed by atoms with Gasteiger partial charge in [-0.15, -0.1) is 0 Å². The van der Waals surface area contributed by atoms with Crippen molar-refractivity contribution in [1.29, 1.82) is 0 Å². The van der Waals surface area contributed by atoms with Crippen LogP contribution in [0.4, 0.5) is 5.69 Å². The van der Waals surface area contributed by atoms with Crippen molar-refractivity contribution in [1.82, 2.24) is 0 Å². The topological polar surface area (TPSA) is 89.8 Å². The summed E-state index contributed by atoms with van der Waals surface area (Å²) in [7, 11) is -4.40. The van der Waals surface area contributed by atoms with Gasteiger partial charge < -0.3 is 9.66 Å². The van der Waals surface area contributed by atoms with E-state index in [9.17, 15) is 13.0 Å². The molecule has 0 aliphatic carbocycles. The van der Waals surface area contributed by atoms with Crippen molar-refractivity contribution >= 4 is 22.0 Å². The Morgan fingerprint density at radius 3 is 2.35 bits per heavy atom. The van der Waals surface area contributed by atoms with Crippen LogP contribution in [0, 0.1) is 0 Å². The summed E-state index contributed by atoms with van der Waals surface area (Å²) >= 11 is 0. The fourth-order valence-electron chi connectivity index (χ4n) is 1.01. The molecule has 1 atom stereocenters. The van der Waals surface area contributed by atoms with Crippen LogP contribution in [0.1, 0.15) is 13.3 Å². The average molecular weight is 265 g/mol. The Balaban J connectivity index is 0.00000256. The van der Waals surface area contributed by atoms with Gasteiger partial charge in [-0.3, -0.25) is 4.99 Å². The minimum Gasteiger partial charge on any atom is -0.744 e. The van der Waals surface area contributed by atoms with E-state index in [1.807, 2.05) is 0 Å². The van der Waals surface area contributed by atoms with Gasteiger partial charge in [0.25, 0.3) is 0 Å². The molecule has 0 aromatic heterocycles. The fraction of sp³-hybridized carbons (Fsp3) is 0.300. The molecule has 0 aliphatic heterocycles. The SMILES string of the molecule is CC(O)CC=Nc1ccc(S(=O)(=O)[O-])cc1.[Na+]. The van der Waals surface area contributed by atoms with E-state index in [-0.39, 0.29) is 34.5 Å². The molecular weight excluding hydrogens is 253 g/mol. The minimum absolute atomic E-state index is 0. The van der Waals surface area contributed by atoms with Crippen LogP contribution >= 0.6 is 0 Å². The van der Waals surface area contributed by atoms with Gasteiger partial charge in [-0.25, -0.2) is 8.42 Å². The second-order valence-electron chi connectivity index (χ2n) is 3.34. The molecule has 1 aromatic carbocycles. The number of aliphatic hydroxyl groups excluding tert-OH is 1. The first-order valence-corrected chi connectivity index (χ1v) is 6.07. The zero-order valence-corrected chi connectivity index (χ0v) is 12.5. The zero-order valence-electron chi connectivity index (χ0n) is 9.70. The van der Waals surface area contributed by atoms with E-state index in [1.165, 1.54) is 30.5 Å². The number of nitrogens with zero attached hydrogens (tertiary/aromatic N) is 1. The summed E-state index contributed by atoms with van der Waals surface area (Å²) in [5.41, 5.74) is 0.535. The molecule has 0 saturated carbocycles. The molecule has 0 fully saturated rings. The maximum Gasteiger partial charge on any atom is 1.00 e. The Morgan fingerprint density at radius 1 is 1.41 bits per heavy atom. The van der Waals surface area contributed by atoms with Crippen LogP contribution in [0.25, 0.3) is 0 Å². The molecular formula is C10H12NNaO4S. The molecule has 0 spiro atoms. The second-order valence-corrected chi connectivity index (χ2v) is 4.72. The first-order valence-electron chi connectivity index (χ1n) is 4.66. The number of rotatable bonds is 4. The summed E-state index contributed by atoms with van der Waals surface area (Å²) in [6.45, 7) is 1.64. The van der Waals surface area contributed by atoms with Crippen LogP contribution in [-0.2, 0) is 10.1 Å². The van der Waals surface area contributed by atoms with E-state index in [2.05, 4.69) is 4.99 Å². The van der Waals surface area contributed by atoms with E-state index in [4.69, 9.17) is 5.11 Å². The van der Waals surface area contributed by atoms with Crippen LogP contribution in [0.5, 0.6) is 0 Å². The Morgan fingerprint density at radius 2 is 1.94 bits per heavy atom. The Kier molecular flexibility index (Phi) is 7.15. The van der Waals surface area contributed by atoms with Crippen LogP contribution in [-0.4, -0.2) is 30.4 Å². The maximum atomic E-state index is 10.6. The molecule has 5 nitrogen and oxygen atoms in total. The third-order valence-corrected chi connectivity index (χ3v) is 2.66. The quantitative estimate of drug-likeness (QED) is 0.390. The molecule has 1 aromatic rings. The van der Waals surface area contributed by atoms with E-state index in [1.54, 1.807) is 6.92 Å². The van der Waals surface area contributed by atoms with Gasteiger partial charge in [-0.2, -0.15) is 0 Å². The van der Waals surface area contributed by atoms with Gasteiger partial charge >= 0.3 is 29.6 Å². The number of hydrogen-bond donors (Lipinski definition) is 1. The summed E-state index contributed by atoms with van der Waals surface area (Å²) in [5, 5.41) is 8.97. The van der Waals surface area contributed by atoms with Gasteiger partial charge in [-0.05, 0) is 31.2 Å². The van der Waals surface area contributed by atoms with Crippen molar-refractivity contribution < 1.29 is 47.6 Å². The average Bonchev–Trinajstić information content (AvgIpc) is 2.16. The van der Waals surface area contributed by atoms with Gasteiger partial charge in [0.05, 0.1) is 16.7 Å². The van der Waals surface area contributed by atoms with E-state index in [0.29, 0.717) is 12.1 Å². The third-order valence-electron chi connectivity index (χ3n) is 1.81. The number of aliphatic imine (C=N–C) groups is 1. The summed E-state index contributed by atoms with van der Waals surface area (Å²) in [6.07, 6.45) is 1.48. The Hall–Kier alpha value is -0.240. The summed E-state index contributed by atoms with van der Waals surface area (Å²) in [6, 6.07) is 5.28. The van der Waals surface area contributed by atoms with E-state index >= 15 is 0 Å². The monoisotopic (exact) mass is 265 g/mol. The summed E-state index contributed by atoms with van der Waals surface area (Å²) < 4.78 is 31.9. The molecule has 1 N–H and O–H groups in total. The second kappa shape index (κ2) is 7.25. The van der Waals surface area contributed by atoms with Crippen LogP contribution in [0.2, 0.25) is 0 Å². The summed E-state index contributed by atoms with van der Waals surface area (Å²) in [4.78, 5) is 3.71. The molecule has 0 aliphatic rings. The fourth-order valence-corrected chi connectivity index (χ4v) is 1.48. The van der Waals surface area contributed by atoms with Crippen molar-refractivity contribution in [2.75, 3.05) is 0 Å². The van der Waals surface area contributed by atoms with Gasteiger partial charge in [0.2, 0.25) is 0 Å². The number of hydrogen-bond acceptors (Lipinski definition) is 5. The predicted molar refractivity (Wildman–Crippen MR) is 58.9 cm³/mol. The van der Waals surface area contributed by atoms with E-state index < -0.39 is 16.2 Å². The van der Waals surface area contributed by atoms with Crippen LogP contribution < -0.4 is 29.6 Å². The zero-order chi connectivity index (χ0) is 12.2. The standard InChI is InChI=1S/C10H13NO4S.Na/c1-8(12)6-7-11-9-2-4-10(5-3-9)16(13,14)15;/h2-5,7-8,12H,6H2,1H3,(H,13,14,15);/q;+1/p-1. The largest absolute Gasteiger partial charge is 1.00 e. The smallest absolute Gasteiger partial charge is 0.744 e. The van der Waals surface area contributed by atoms with Crippen molar-refractivity contribution in [3.63, 3.8) is 0 Å². The molecule has 0 saturated heterocycles. The molecule has 1 unspecified atom stereocenters. The molecule has 0 heterocycles. The Labute approximate surface area is 123 Å². The molecule has 0 bridgehead atoms. The van der Waals surface area contributed by atoms with Crippen molar-refractivity contribution in [3.8, 4) is 0 Å². The number of aliphatic hydroxyl groups is 1. The molecule has 0 amide bonds. The number of benzene rings is 1. The Bertz CT molecular complexity index is 468.